The largest absolute Gasteiger partial charge is 0.399 e. The van der Waals surface area contributed by atoms with Gasteiger partial charge in [-0.15, -0.1) is 0 Å². The highest BCUT2D eigenvalue weighted by Gasteiger charge is 2.36. The summed E-state index contributed by atoms with van der Waals surface area (Å²) in [7, 11) is 5.16. The molecule has 0 aliphatic carbocycles. The third kappa shape index (κ3) is 18.0. The van der Waals surface area contributed by atoms with E-state index < -0.39 is 11.9 Å². The summed E-state index contributed by atoms with van der Waals surface area (Å²) in [5, 5.41) is 26.0. The number of carbonyl (C=O) groups excluding carboxylic acids is 9. The van der Waals surface area contributed by atoms with Crippen LogP contribution in [0.3, 0.4) is 0 Å². The van der Waals surface area contributed by atoms with E-state index in [2.05, 4.69) is 26.8 Å². The summed E-state index contributed by atoms with van der Waals surface area (Å²) in [5.41, 5.74) is 13.1. The smallest absolute Gasteiger partial charge is 0.346 e. The van der Waals surface area contributed by atoms with Gasteiger partial charge in [0.1, 0.15) is 13.2 Å². The van der Waals surface area contributed by atoms with Crippen molar-refractivity contribution in [3.8, 4) is 0 Å². The monoisotopic (exact) mass is 1400 g/mol. The van der Waals surface area contributed by atoms with Gasteiger partial charge >= 0.3 is 11.9 Å². The number of imide groups is 3. The second kappa shape index (κ2) is 39.3. The fourth-order valence-electron chi connectivity index (χ4n) is 11.3. The van der Waals surface area contributed by atoms with Gasteiger partial charge in [-0.1, -0.05) is 190 Å². The molecule has 7 amide bonds. The molecule has 0 saturated carbocycles. The van der Waals surface area contributed by atoms with Crippen LogP contribution in [0.25, 0.3) is 43.1 Å². The van der Waals surface area contributed by atoms with Crippen LogP contribution >= 0.6 is 0 Å². The Balaban J connectivity index is 0.000000202. The highest BCUT2D eigenvalue weighted by atomic mass is 17.1. The van der Waals surface area contributed by atoms with Crippen LogP contribution < -0.4 is 20.9 Å². The van der Waals surface area contributed by atoms with Gasteiger partial charge in [-0.2, -0.15) is 0 Å². The molecule has 0 saturated heterocycles. The topological polar surface area (TPSA) is 273 Å². The molecule has 0 spiro atoms. The first-order valence-corrected chi connectivity index (χ1v) is 34.3. The standard InChI is InChI=1S/C22H18N2O3.C19H13NO4.C13H9NO2.C12H6O3.C7H9NO2.C3H9N.4C2H6/c1-3-23(2)20(25)15-9-4-10-16(13-15)24-21(26)17-11-5-7-14-8-6-12-18(19(14)17)22(24)27;21-18-15-8-2-5-13-6-3-9-16(17(13)15)19(22)20(18)14-7-1-4-12(10-14)11-24-23;1-14-12(15)9-6-2-4-8-5-3-7-10(11(8)9)13(14)16;13-11-8-5-1-3-7-4-2-6-9(10(7)8)12(14)15-11;8-7-3-1-2-6(4-7)5-10-9;1-3-4-2;4*1-2/h4-13H,3H2,1-2H3;1-10,23H,11H2;2-7H,1H3;1-6H;1-4,9H,5,8H2;4H,3H2,1-2H3;4*1-2H3. The molecule has 538 valence electrons. The number of carbonyl (C=O) groups is 9. The Morgan fingerprint density at radius 1 is 0.423 bits per heavy atom. The molecule has 4 heterocycles. The highest BCUT2D eigenvalue weighted by molar-refractivity contribution is 6.37. The Bertz CT molecular complexity index is 4710. The summed E-state index contributed by atoms with van der Waals surface area (Å²) < 4.78 is 4.63. The molecule has 20 nitrogen and oxygen atoms in total. The molecule has 0 bridgehead atoms. The summed E-state index contributed by atoms with van der Waals surface area (Å²) in [6.07, 6.45) is 0. The van der Waals surface area contributed by atoms with E-state index in [1.165, 1.54) is 7.05 Å². The van der Waals surface area contributed by atoms with E-state index in [0.717, 1.165) is 53.7 Å². The lowest BCUT2D eigenvalue weighted by Crippen LogP contribution is -2.40. The van der Waals surface area contributed by atoms with E-state index in [1.54, 1.807) is 133 Å². The summed E-state index contributed by atoms with van der Waals surface area (Å²) in [4.78, 5) is 124. The zero-order valence-corrected chi connectivity index (χ0v) is 60.8. The average molecular weight is 1410 g/mol. The molecule has 0 unspecified atom stereocenters. The average Bonchev–Trinajstić information content (AvgIpc) is 0.758. The van der Waals surface area contributed by atoms with Crippen molar-refractivity contribution in [2.24, 2.45) is 0 Å². The molecule has 4 aliphatic rings. The fourth-order valence-corrected chi connectivity index (χ4v) is 11.3. The maximum absolute atomic E-state index is 13.1. The van der Waals surface area contributed by atoms with Gasteiger partial charge < -0.3 is 20.7 Å². The van der Waals surface area contributed by atoms with Gasteiger partial charge in [-0.05, 0) is 144 Å². The molecule has 0 fully saturated rings. The van der Waals surface area contributed by atoms with Gasteiger partial charge in [0, 0.05) is 86.8 Å². The Labute approximate surface area is 605 Å². The van der Waals surface area contributed by atoms with E-state index in [4.69, 9.17) is 16.2 Å². The molecule has 11 aromatic carbocycles. The first-order chi connectivity index (χ1) is 50.4. The number of nitrogens with two attached hydrogens (primary N) is 1. The number of nitrogens with zero attached hydrogens (tertiary/aromatic N) is 4. The van der Waals surface area contributed by atoms with Gasteiger partial charge in [-0.3, -0.25) is 49.0 Å². The highest BCUT2D eigenvalue weighted by Crippen LogP contribution is 2.36. The number of esters is 2. The molecular weight excluding hydrogens is 1320 g/mol. The first-order valence-electron chi connectivity index (χ1n) is 34.3. The Kier molecular flexibility index (Phi) is 30.7. The maximum Gasteiger partial charge on any atom is 0.346 e. The predicted molar refractivity (Wildman–Crippen MR) is 410 cm³/mol. The van der Waals surface area contributed by atoms with E-state index >= 15 is 0 Å². The summed E-state index contributed by atoms with van der Waals surface area (Å²) in [5.74, 6) is -3.20. The summed E-state index contributed by atoms with van der Waals surface area (Å²) >= 11 is 0. The van der Waals surface area contributed by atoms with Crippen LogP contribution in [-0.2, 0) is 27.7 Å². The number of nitrogens with one attached hydrogen (secondary N) is 1. The van der Waals surface area contributed by atoms with Gasteiger partial charge in [0.25, 0.3) is 41.4 Å². The van der Waals surface area contributed by atoms with Crippen molar-refractivity contribution in [1.82, 2.24) is 15.1 Å². The lowest BCUT2D eigenvalue weighted by atomic mass is 9.93. The van der Waals surface area contributed by atoms with Crippen molar-refractivity contribution in [1.29, 1.82) is 0 Å². The summed E-state index contributed by atoms with van der Waals surface area (Å²) in [6.45, 7) is 21.8. The lowest BCUT2D eigenvalue weighted by molar-refractivity contribution is -0.253. The van der Waals surface area contributed by atoms with Crippen LogP contribution in [0.2, 0.25) is 0 Å². The predicted octanol–water partition coefficient (Wildman–Crippen LogP) is 17.2. The number of rotatable bonds is 9. The van der Waals surface area contributed by atoms with Crippen molar-refractivity contribution in [3.63, 3.8) is 0 Å². The molecule has 4 aliphatic heterocycles. The van der Waals surface area contributed by atoms with Crippen LogP contribution in [0.4, 0.5) is 17.1 Å². The third-order valence-corrected chi connectivity index (χ3v) is 16.2. The van der Waals surface area contributed by atoms with Crippen LogP contribution in [0, 0.1) is 0 Å². The number of ether oxygens (including phenoxy) is 1. The lowest BCUT2D eigenvalue weighted by Gasteiger charge is -2.27. The number of benzene rings is 11. The van der Waals surface area contributed by atoms with Crippen molar-refractivity contribution in [2.75, 3.05) is 49.8 Å². The molecule has 5 N–H and O–H groups in total. The number of nitrogen functional groups attached to an aromatic ring is 1. The van der Waals surface area contributed by atoms with Gasteiger partial charge in [0.05, 0.1) is 22.5 Å². The molecule has 15 rings (SSSR count). The van der Waals surface area contributed by atoms with Crippen molar-refractivity contribution in [2.45, 2.75) is 82.5 Å². The number of anilines is 3. The first kappa shape index (κ1) is 81.1. The molecule has 104 heavy (non-hydrogen) atoms. The van der Waals surface area contributed by atoms with E-state index in [-0.39, 0.29) is 54.6 Å². The molecule has 20 heteroatoms. The van der Waals surface area contributed by atoms with Crippen molar-refractivity contribution >= 4 is 113 Å². The molecular formula is C84H88N6O14. The van der Waals surface area contributed by atoms with Crippen molar-refractivity contribution < 1.29 is 68.2 Å². The molecule has 0 radical (unpaired) electrons. The molecule has 0 atom stereocenters. The van der Waals surface area contributed by atoms with Gasteiger partial charge in [0.2, 0.25) is 0 Å². The zero-order valence-electron chi connectivity index (χ0n) is 60.8. The number of hydrogen-bond acceptors (Lipinski definition) is 16. The Morgan fingerprint density at radius 3 is 1.04 bits per heavy atom. The number of amides is 7. The molecule has 11 aromatic rings. The van der Waals surface area contributed by atoms with Gasteiger partial charge in [0.15, 0.2) is 0 Å². The Hall–Kier alpha value is -11.9. The zero-order chi connectivity index (χ0) is 76.3. The number of hydrogen-bond donors (Lipinski definition) is 4. The number of cyclic esters (lactones) is 2. The van der Waals surface area contributed by atoms with Gasteiger partial charge in [-0.25, -0.2) is 29.2 Å². The van der Waals surface area contributed by atoms with Crippen molar-refractivity contribution in [3.05, 3.63) is 280 Å². The fraction of sp³-hybridized carbons (Fsp3) is 0.202. The summed E-state index contributed by atoms with van der Waals surface area (Å²) in [6, 6.07) is 63.9. The minimum atomic E-state index is -0.565. The van der Waals surface area contributed by atoms with Crippen LogP contribution in [0.15, 0.2) is 218 Å². The van der Waals surface area contributed by atoms with Crippen LogP contribution in [0.5, 0.6) is 0 Å². The minimum Gasteiger partial charge on any atom is -0.399 e. The second-order valence-electron chi connectivity index (χ2n) is 22.1. The molecule has 0 aromatic heterocycles. The second-order valence-corrected chi connectivity index (χ2v) is 22.1. The van der Waals surface area contributed by atoms with E-state index in [1.807, 2.05) is 166 Å². The quantitative estimate of drug-likeness (QED) is 0.0261. The van der Waals surface area contributed by atoms with Crippen LogP contribution in [-0.4, -0.2) is 108 Å². The Morgan fingerprint density at radius 2 is 0.712 bits per heavy atom. The van der Waals surface area contributed by atoms with E-state index in [9.17, 15) is 43.2 Å². The normalized spacial score (nSPS) is 12.3. The SMILES string of the molecule is CC.CC.CC.CC.CCN(C)C(=O)c1cccc(N2C(=O)c3cccc4cccc(c34)C2=O)c1.CCNC.CN1C(=O)c2cccc3cccc(c23)C1=O.Nc1cccc(COO)c1.O=C1OC(=O)c2cccc3cccc1c23.O=C1c2cccc3cccc(c23)C(=O)N1c1cccc(COO)c1. The van der Waals surface area contributed by atoms with E-state index in [0.29, 0.717) is 95.4 Å². The minimum absolute atomic E-state index is 0.0176. The maximum atomic E-state index is 13.1. The third-order valence-electron chi connectivity index (χ3n) is 16.2. The van der Waals surface area contributed by atoms with Crippen LogP contribution in [0.1, 0.15) is 174 Å².